The molecule has 3 nitrogen and oxygen atoms in total. The molecule has 6 heteroatoms. The van der Waals surface area contributed by atoms with Crippen molar-refractivity contribution in [2.75, 3.05) is 5.32 Å². The minimum absolute atomic E-state index is 0.0417. The summed E-state index contributed by atoms with van der Waals surface area (Å²) in [6.45, 7) is 0. The van der Waals surface area contributed by atoms with Crippen LogP contribution in [0.1, 0.15) is 10.4 Å². The van der Waals surface area contributed by atoms with Gasteiger partial charge in [0.15, 0.2) is 0 Å². The summed E-state index contributed by atoms with van der Waals surface area (Å²) in [4.78, 5) is 14.9. The molecule has 2 aromatic rings. The predicted octanol–water partition coefficient (Wildman–Crippen LogP) is 2.75. The molecular formula is C12H7F3N2O. The molecule has 1 aromatic heterocycles. The third-order valence-electron chi connectivity index (χ3n) is 2.17. The summed E-state index contributed by atoms with van der Waals surface area (Å²) >= 11 is 0. The number of nitrogens with zero attached hydrogens (tertiary/aromatic N) is 1. The van der Waals surface area contributed by atoms with Crippen LogP contribution in [-0.4, -0.2) is 10.9 Å². The monoisotopic (exact) mass is 252 g/mol. The number of rotatable bonds is 2. The first-order chi connectivity index (χ1) is 8.56. The summed E-state index contributed by atoms with van der Waals surface area (Å²) in [6.07, 6.45) is 1.00. The van der Waals surface area contributed by atoms with E-state index < -0.39 is 23.5 Å². The molecule has 0 fully saturated rings. The number of amides is 1. The van der Waals surface area contributed by atoms with Gasteiger partial charge in [-0.3, -0.25) is 4.79 Å². The Bertz CT molecular complexity index is 584. The number of pyridine rings is 1. The lowest BCUT2D eigenvalue weighted by Crippen LogP contribution is -2.13. The van der Waals surface area contributed by atoms with Crippen molar-refractivity contribution in [3.63, 3.8) is 0 Å². The number of aromatic nitrogens is 1. The van der Waals surface area contributed by atoms with Gasteiger partial charge in [0.25, 0.3) is 5.91 Å². The molecule has 1 N–H and O–H groups in total. The van der Waals surface area contributed by atoms with Crippen molar-refractivity contribution in [1.82, 2.24) is 4.98 Å². The number of carbonyl (C=O) groups is 1. The fourth-order valence-electron chi connectivity index (χ4n) is 1.30. The first-order valence-electron chi connectivity index (χ1n) is 4.94. The van der Waals surface area contributed by atoms with Gasteiger partial charge < -0.3 is 5.32 Å². The van der Waals surface area contributed by atoms with E-state index in [1.165, 1.54) is 6.07 Å². The summed E-state index contributed by atoms with van der Waals surface area (Å²) < 4.78 is 38.7. The lowest BCUT2D eigenvalue weighted by molar-refractivity contribution is 0.102. The molecule has 0 atom stereocenters. The third-order valence-corrected chi connectivity index (χ3v) is 2.17. The molecule has 0 aliphatic rings. The Morgan fingerprint density at radius 2 is 1.89 bits per heavy atom. The Morgan fingerprint density at radius 3 is 2.56 bits per heavy atom. The Morgan fingerprint density at radius 1 is 1.11 bits per heavy atom. The van der Waals surface area contributed by atoms with Gasteiger partial charge in [-0.25, -0.2) is 13.8 Å². The zero-order valence-electron chi connectivity index (χ0n) is 8.95. The maximum atomic E-state index is 13.3. The first kappa shape index (κ1) is 12.1. The fraction of sp³-hybridized carbons (Fsp3) is 0. The van der Waals surface area contributed by atoms with E-state index in [1.807, 2.05) is 0 Å². The second-order valence-electron chi connectivity index (χ2n) is 3.45. The Balaban J connectivity index is 2.21. The van der Waals surface area contributed by atoms with E-state index in [0.29, 0.717) is 0 Å². The van der Waals surface area contributed by atoms with Gasteiger partial charge in [-0.2, -0.15) is 4.39 Å². The van der Waals surface area contributed by atoms with E-state index in [9.17, 15) is 18.0 Å². The van der Waals surface area contributed by atoms with Gasteiger partial charge in [-0.15, -0.1) is 0 Å². The average molecular weight is 252 g/mol. The summed E-state index contributed by atoms with van der Waals surface area (Å²) in [7, 11) is 0. The van der Waals surface area contributed by atoms with E-state index in [-0.39, 0.29) is 11.3 Å². The highest BCUT2D eigenvalue weighted by atomic mass is 19.1. The van der Waals surface area contributed by atoms with Gasteiger partial charge >= 0.3 is 0 Å². The molecule has 0 saturated heterocycles. The third kappa shape index (κ3) is 2.65. The fourth-order valence-corrected chi connectivity index (χ4v) is 1.30. The normalized spacial score (nSPS) is 10.2. The summed E-state index contributed by atoms with van der Waals surface area (Å²) in [5.74, 6) is -2.88. The number of carbonyl (C=O) groups excluding carboxylic acids is 1. The standard InChI is InChI=1S/C12H7F3N2O/c13-8-2-3-9(14)10(5-8)17-12(18)7-1-4-11(15)16-6-7/h1-6H,(H,17,18). The highest BCUT2D eigenvalue weighted by Gasteiger charge is 2.10. The van der Waals surface area contributed by atoms with Gasteiger partial charge in [0.05, 0.1) is 11.3 Å². The SMILES string of the molecule is O=C(Nc1cc(F)ccc1F)c1ccc(F)nc1. The molecule has 1 amide bonds. The van der Waals surface area contributed by atoms with E-state index in [0.717, 1.165) is 30.5 Å². The quantitative estimate of drug-likeness (QED) is 0.835. The number of nitrogens with one attached hydrogen (secondary N) is 1. The molecule has 0 aliphatic carbocycles. The highest BCUT2D eigenvalue weighted by molar-refractivity contribution is 6.04. The van der Waals surface area contributed by atoms with Gasteiger partial charge in [-0.05, 0) is 24.3 Å². The molecular weight excluding hydrogens is 245 g/mol. The maximum Gasteiger partial charge on any atom is 0.257 e. The Kier molecular flexibility index (Phi) is 3.27. The van der Waals surface area contributed by atoms with Crippen LogP contribution in [0, 0.1) is 17.6 Å². The van der Waals surface area contributed by atoms with Crippen molar-refractivity contribution in [3.8, 4) is 0 Å². The molecule has 92 valence electrons. The van der Waals surface area contributed by atoms with Crippen LogP contribution in [-0.2, 0) is 0 Å². The van der Waals surface area contributed by atoms with Gasteiger partial charge in [-0.1, -0.05) is 0 Å². The lowest BCUT2D eigenvalue weighted by atomic mass is 10.2. The van der Waals surface area contributed by atoms with Crippen LogP contribution in [0.3, 0.4) is 0 Å². The average Bonchev–Trinajstić information content (AvgIpc) is 2.34. The lowest BCUT2D eigenvalue weighted by Gasteiger charge is -2.06. The molecule has 0 radical (unpaired) electrons. The molecule has 0 unspecified atom stereocenters. The van der Waals surface area contributed by atoms with Gasteiger partial charge in [0, 0.05) is 12.3 Å². The van der Waals surface area contributed by atoms with Gasteiger partial charge in [0.1, 0.15) is 11.6 Å². The van der Waals surface area contributed by atoms with Crippen LogP contribution in [0.15, 0.2) is 36.5 Å². The molecule has 0 bridgehead atoms. The smallest absolute Gasteiger partial charge is 0.257 e. The predicted molar refractivity (Wildman–Crippen MR) is 58.5 cm³/mol. The Labute approximate surface area is 100 Å². The van der Waals surface area contributed by atoms with Crippen LogP contribution in [0.4, 0.5) is 18.9 Å². The Hall–Kier alpha value is -2.37. The molecule has 18 heavy (non-hydrogen) atoms. The van der Waals surface area contributed by atoms with Crippen molar-refractivity contribution >= 4 is 11.6 Å². The van der Waals surface area contributed by atoms with E-state index in [4.69, 9.17) is 0 Å². The van der Waals surface area contributed by atoms with Gasteiger partial charge in [0.2, 0.25) is 5.95 Å². The number of hydrogen-bond acceptors (Lipinski definition) is 2. The molecule has 0 spiro atoms. The molecule has 1 aromatic carbocycles. The number of halogens is 3. The maximum absolute atomic E-state index is 13.3. The number of benzene rings is 1. The number of anilines is 1. The minimum Gasteiger partial charge on any atom is -0.319 e. The van der Waals surface area contributed by atoms with E-state index >= 15 is 0 Å². The molecule has 2 rings (SSSR count). The second kappa shape index (κ2) is 4.87. The molecule has 0 aliphatic heterocycles. The summed E-state index contributed by atoms with van der Waals surface area (Å²) in [6, 6.07) is 4.87. The van der Waals surface area contributed by atoms with E-state index in [2.05, 4.69) is 10.3 Å². The second-order valence-corrected chi connectivity index (χ2v) is 3.45. The number of hydrogen-bond donors (Lipinski definition) is 1. The summed E-state index contributed by atoms with van der Waals surface area (Å²) in [5, 5.41) is 2.17. The molecule has 0 saturated carbocycles. The largest absolute Gasteiger partial charge is 0.319 e. The highest BCUT2D eigenvalue weighted by Crippen LogP contribution is 2.16. The van der Waals surface area contributed by atoms with Crippen molar-refractivity contribution in [1.29, 1.82) is 0 Å². The van der Waals surface area contributed by atoms with Crippen molar-refractivity contribution in [2.24, 2.45) is 0 Å². The zero-order valence-corrected chi connectivity index (χ0v) is 8.95. The first-order valence-corrected chi connectivity index (χ1v) is 4.94. The topological polar surface area (TPSA) is 42.0 Å². The van der Waals surface area contributed by atoms with Crippen molar-refractivity contribution in [3.05, 3.63) is 59.7 Å². The van der Waals surface area contributed by atoms with Crippen LogP contribution in [0.2, 0.25) is 0 Å². The van der Waals surface area contributed by atoms with Crippen molar-refractivity contribution < 1.29 is 18.0 Å². The van der Waals surface area contributed by atoms with Crippen LogP contribution < -0.4 is 5.32 Å². The summed E-state index contributed by atoms with van der Waals surface area (Å²) in [5.41, 5.74) is -0.246. The molecule has 1 heterocycles. The minimum atomic E-state index is -0.764. The van der Waals surface area contributed by atoms with E-state index in [1.54, 1.807) is 0 Å². The zero-order chi connectivity index (χ0) is 13.1. The van der Waals surface area contributed by atoms with Crippen LogP contribution in [0.25, 0.3) is 0 Å². The van der Waals surface area contributed by atoms with Crippen LogP contribution >= 0.6 is 0 Å². The van der Waals surface area contributed by atoms with Crippen LogP contribution in [0.5, 0.6) is 0 Å². The van der Waals surface area contributed by atoms with Crippen molar-refractivity contribution in [2.45, 2.75) is 0 Å².